The van der Waals surface area contributed by atoms with Gasteiger partial charge in [0.05, 0.1) is 34.7 Å². The van der Waals surface area contributed by atoms with Crippen LogP contribution in [0.4, 0.5) is 11.4 Å². The smallest absolute Gasteiger partial charge is 0.272 e. The number of carbonyl (C=O) groups excluding carboxylic acids is 2. The van der Waals surface area contributed by atoms with Crippen molar-refractivity contribution in [1.82, 2.24) is 5.43 Å². The third-order valence-corrected chi connectivity index (χ3v) is 3.87. The van der Waals surface area contributed by atoms with Gasteiger partial charge in [0.1, 0.15) is 5.75 Å². The fraction of sp³-hybridized carbons (Fsp3) is 0.167. The zero-order valence-corrected chi connectivity index (χ0v) is 15.8. The van der Waals surface area contributed by atoms with Crippen LogP contribution in [0.1, 0.15) is 23.7 Å². The molecule has 0 aliphatic carbocycles. The second kappa shape index (κ2) is 9.47. The van der Waals surface area contributed by atoms with Gasteiger partial charge in [-0.15, -0.1) is 0 Å². The normalized spacial score (nSPS) is 10.9. The van der Waals surface area contributed by atoms with Crippen molar-refractivity contribution >= 4 is 40.5 Å². The molecule has 0 atom stereocenters. The van der Waals surface area contributed by atoms with Crippen LogP contribution >= 0.6 is 11.6 Å². The van der Waals surface area contributed by atoms with Crippen LogP contribution in [0.3, 0.4) is 0 Å². The van der Waals surface area contributed by atoms with Crippen LogP contribution in [0, 0.1) is 10.1 Å². The van der Waals surface area contributed by atoms with Crippen molar-refractivity contribution in [3.05, 3.63) is 63.2 Å². The van der Waals surface area contributed by atoms with E-state index in [9.17, 15) is 19.7 Å². The summed E-state index contributed by atoms with van der Waals surface area (Å²) in [5.74, 6) is -0.468. The Hall–Kier alpha value is -3.46. The van der Waals surface area contributed by atoms with E-state index in [0.29, 0.717) is 17.1 Å². The summed E-state index contributed by atoms with van der Waals surface area (Å²) in [4.78, 5) is 34.3. The second-order valence-corrected chi connectivity index (χ2v) is 6.04. The molecule has 0 aromatic heterocycles. The molecule has 9 nitrogen and oxygen atoms in total. The number of anilines is 1. The Morgan fingerprint density at radius 3 is 2.61 bits per heavy atom. The molecule has 0 radical (unpaired) electrons. The lowest BCUT2D eigenvalue weighted by atomic mass is 10.2. The lowest BCUT2D eigenvalue weighted by Gasteiger charge is -2.09. The summed E-state index contributed by atoms with van der Waals surface area (Å²) in [5, 5.41) is 17.2. The minimum absolute atomic E-state index is 0.0299. The zero-order chi connectivity index (χ0) is 20.7. The number of amides is 2. The molecule has 0 heterocycles. The number of para-hydroxylation sites is 2. The number of nitrogens with one attached hydrogen (secondary N) is 2. The van der Waals surface area contributed by atoms with E-state index in [2.05, 4.69) is 15.8 Å². The van der Waals surface area contributed by atoms with Crippen LogP contribution in [-0.2, 0) is 4.79 Å². The molecule has 0 saturated carbocycles. The lowest BCUT2D eigenvalue weighted by Crippen LogP contribution is -2.22. The SMILES string of the molecule is COc1ccccc1NC(=O)CC(C)=NNC(=O)c1ccc([N+](=O)[O-])cc1Cl. The third-order valence-electron chi connectivity index (χ3n) is 3.55. The number of carbonyl (C=O) groups is 2. The summed E-state index contributed by atoms with van der Waals surface area (Å²) in [6.07, 6.45) is -0.0632. The van der Waals surface area contributed by atoms with Crippen molar-refractivity contribution in [3.8, 4) is 5.75 Å². The van der Waals surface area contributed by atoms with E-state index in [0.717, 1.165) is 12.1 Å². The first-order valence-corrected chi connectivity index (χ1v) is 8.40. The summed E-state index contributed by atoms with van der Waals surface area (Å²) < 4.78 is 5.16. The first-order chi connectivity index (χ1) is 13.3. The van der Waals surface area contributed by atoms with Crippen LogP contribution in [0.2, 0.25) is 5.02 Å². The van der Waals surface area contributed by atoms with Gasteiger partial charge in [-0.2, -0.15) is 5.10 Å². The quantitative estimate of drug-likeness (QED) is 0.416. The number of nitrogens with zero attached hydrogens (tertiary/aromatic N) is 2. The number of benzene rings is 2. The van der Waals surface area contributed by atoms with Gasteiger partial charge >= 0.3 is 0 Å². The van der Waals surface area contributed by atoms with Crippen molar-refractivity contribution < 1.29 is 19.2 Å². The average molecular weight is 405 g/mol. The number of methoxy groups -OCH3 is 1. The molecule has 0 fully saturated rings. The van der Waals surface area contributed by atoms with Gasteiger partial charge in [0.15, 0.2) is 0 Å². The van der Waals surface area contributed by atoms with Gasteiger partial charge in [-0.05, 0) is 25.1 Å². The molecule has 0 unspecified atom stereocenters. The van der Waals surface area contributed by atoms with Crippen LogP contribution in [-0.4, -0.2) is 29.6 Å². The van der Waals surface area contributed by atoms with Gasteiger partial charge in [0.25, 0.3) is 11.6 Å². The van der Waals surface area contributed by atoms with E-state index in [1.807, 2.05) is 0 Å². The van der Waals surface area contributed by atoms with Gasteiger partial charge in [0.2, 0.25) is 5.91 Å². The van der Waals surface area contributed by atoms with Crippen molar-refractivity contribution in [1.29, 1.82) is 0 Å². The number of rotatable bonds is 7. The maximum Gasteiger partial charge on any atom is 0.272 e. The van der Waals surface area contributed by atoms with Crippen molar-refractivity contribution in [3.63, 3.8) is 0 Å². The highest BCUT2D eigenvalue weighted by molar-refractivity contribution is 6.34. The number of non-ortho nitro benzene ring substituents is 1. The summed E-state index contributed by atoms with van der Waals surface area (Å²) in [6, 6.07) is 10.4. The Morgan fingerprint density at radius 2 is 1.96 bits per heavy atom. The summed E-state index contributed by atoms with van der Waals surface area (Å²) >= 11 is 5.90. The molecule has 2 N–H and O–H groups in total. The number of hydrazone groups is 1. The molecule has 0 bridgehead atoms. The molecule has 0 aliphatic heterocycles. The van der Waals surface area contributed by atoms with Crippen LogP contribution < -0.4 is 15.5 Å². The highest BCUT2D eigenvalue weighted by Gasteiger charge is 2.15. The van der Waals surface area contributed by atoms with Gasteiger partial charge < -0.3 is 10.1 Å². The highest BCUT2D eigenvalue weighted by Crippen LogP contribution is 2.23. The molecular formula is C18H17ClN4O5. The average Bonchev–Trinajstić information content (AvgIpc) is 2.66. The first kappa shape index (κ1) is 20.8. The molecule has 2 rings (SSSR count). The minimum atomic E-state index is -0.649. The molecule has 146 valence electrons. The standard InChI is InChI=1S/C18H17ClN4O5/c1-11(9-17(24)20-15-5-3-4-6-16(15)28-2)21-22-18(25)13-8-7-12(23(26)27)10-14(13)19/h3-8,10H,9H2,1-2H3,(H,20,24)(H,22,25). The molecule has 2 aromatic carbocycles. The predicted octanol–water partition coefficient (Wildman–Crippen LogP) is 3.39. The second-order valence-electron chi connectivity index (χ2n) is 5.63. The largest absolute Gasteiger partial charge is 0.495 e. The minimum Gasteiger partial charge on any atom is -0.495 e. The Balaban J connectivity index is 1.97. The zero-order valence-electron chi connectivity index (χ0n) is 15.1. The first-order valence-electron chi connectivity index (χ1n) is 8.02. The molecule has 10 heteroatoms. The maximum absolute atomic E-state index is 12.1. The van der Waals surface area contributed by atoms with E-state index >= 15 is 0 Å². The van der Waals surface area contributed by atoms with Crippen molar-refractivity contribution in [2.24, 2.45) is 5.10 Å². The van der Waals surface area contributed by atoms with Crippen molar-refractivity contribution in [2.75, 3.05) is 12.4 Å². The van der Waals surface area contributed by atoms with E-state index in [1.54, 1.807) is 31.2 Å². The Morgan fingerprint density at radius 1 is 1.25 bits per heavy atom. The summed E-state index contributed by atoms with van der Waals surface area (Å²) in [5.41, 5.74) is 2.94. The number of hydrogen-bond donors (Lipinski definition) is 2. The van der Waals surface area contributed by atoms with Crippen LogP contribution in [0.15, 0.2) is 47.6 Å². The Labute approximate surface area is 165 Å². The van der Waals surface area contributed by atoms with Crippen LogP contribution in [0.25, 0.3) is 0 Å². The fourth-order valence-electron chi connectivity index (χ4n) is 2.22. The number of nitro groups is 1. The molecule has 2 aromatic rings. The molecule has 2 amide bonds. The topological polar surface area (TPSA) is 123 Å². The van der Waals surface area contributed by atoms with Gasteiger partial charge in [-0.1, -0.05) is 23.7 Å². The predicted molar refractivity (Wildman–Crippen MR) is 105 cm³/mol. The van der Waals surface area contributed by atoms with Gasteiger partial charge in [-0.25, -0.2) is 5.43 Å². The highest BCUT2D eigenvalue weighted by atomic mass is 35.5. The van der Waals surface area contributed by atoms with E-state index in [4.69, 9.17) is 16.3 Å². The lowest BCUT2D eigenvalue weighted by molar-refractivity contribution is -0.384. The molecular weight excluding hydrogens is 388 g/mol. The fourth-order valence-corrected chi connectivity index (χ4v) is 2.48. The van der Waals surface area contributed by atoms with Crippen LogP contribution in [0.5, 0.6) is 5.75 Å². The third kappa shape index (κ3) is 5.52. The summed E-state index contributed by atoms with van der Waals surface area (Å²) in [6.45, 7) is 1.57. The molecule has 0 saturated heterocycles. The van der Waals surface area contributed by atoms with E-state index in [-0.39, 0.29) is 28.6 Å². The monoisotopic (exact) mass is 404 g/mol. The Kier molecular flexibility index (Phi) is 7.05. The van der Waals surface area contributed by atoms with Gasteiger partial charge in [0, 0.05) is 17.8 Å². The number of halogens is 1. The molecule has 0 aliphatic rings. The molecule has 0 spiro atoms. The molecule has 28 heavy (non-hydrogen) atoms. The number of ether oxygens (including phenoxy) is 1. The Bertz CT molecular complexity index is 945. The van der Waals surface area contributed by atoms with E-state index < -0.39 is 10.8 Å². The summed E-state index contributed by atoms with van der Waals surface area (Å²) in [7, 11) is 1.50. The van der Waals surface area contributed by atoms with Gasteiger partial charge in [-0.3, -0.25) is 19.7 Å². The van der Waals surface area contributed by atoms with Crippen molar-refractivity contribution in [2.45, 2.75) is 13.3 Å². The number of nitro benzene ring substituents is 1. The maximum atomic E-state index is 12.1. The van der Waals surface area contributed by atoms with E-state index in [1.165, 1.54) is 13.2 Å². The number of hydrogen-bond acceptors (Lipinski definition) is 6.